The van der Waals surface area contributed by atoms with Crippen LogP contribution in [0.3, 0.4) is 0 Å². The lowest BCUT2D eigenvalue weighted by Gasteiger charge is -2.26. The summed E-state index contributed by atoms with van der Waals surface area (Å²) in [7, 11) is -3.96. The Labute approximate surface area is 255 Å². The molecule has 2 amide bonds. The molecule has 43 heavy (non-hydrogen) atoms. The Hall–Kier alpha value is -4.27. The molecule has 0 unspecified atom stereocenters. The third kappa shape index (κ3) is 5.26. The average molecular weight is 665 g/mol. The Morgan fingerprint density at radius 2 is 1.86 bits per heavy atom. The van der Waals surface area contributed by atoms with E-state index in [1.54, 1.807) is 29.2 Å². The Morgan fingerprint density at radius 1 is 1.09 bits per heavy atom. The van der Waals surface area contributed by atoms with Gasteiger partial charge in [0.05, 0.1) is 5.52 Å². The molecule has 0 bridgehead atoms. The molecule has 3 N–H and O–H groups in total. The number of ketones is 1. The minimum atomic E-state index is -3.96. The van der Waals surface area contributed by atoms with E-state index in [4.69, 9.17) is 5.14 Å². The van der Waals surface area contributed by atoms with Gasteiger partial charge in [0, 0.05) is 42.7 Å². The summed E-state index contributed by atoms with van der Waals surface area (Å²) in [5.74, 6) is -0.637. The quantitative estimate of drug-likeness (QED) is 0.172. The number of sulfonamides is 1. The van der Waals surface area contributed by atoms with Crippen LogP contribution < -0.4 is 10.5 Å². The van der Waals surface area contributed by atoms with Crippen molar-refractivity contribution in [2.75, 3.05) is 11.9 Å². The number of halogens is 1. The van der Waals surface area contributed by atoms with Crippen molar-refractivity contribution >= 4 is 60.3 Å². The lowest BCUT2D eigenvalue weighted by Crippen LogP contribution is -2.47. The predicted molar refractivity (Wildman–Crippen MR) is 161 cm³/mol. The van der Waals surface area contributed by atoms with Crippen LogP contribution in [0.4, 0.5) is 5.82 Å². The number of hydrogen-bond acceptors (Lipinski definition) is 8. The van der Waals surface area contributed by atoms with Gasteiger partial charge in [-0.15, -0.1) is 0 Å². The van der Waals surface area contributed by atoms with Crippen LogP contribution in [-0.2, 0) is 26.2 Å². The highest BCUT2D eigenvalue weighted by Crippen LogP contribution is 2.49. The number of hydrogen-bond donors (Lipinski definition) is 2. The van der Waals surface area contributed by atoms with Crippen LogP contribution >= 0.6 is 15.9 Å². The molecule has 1 aliphatic carbocycles. The van der Waals surface area contributed by atoms with Gasteiger partial charge in [0.15, 0.2) is 5.78 Å². The first-order chi connectivity index (χ1) is 20.3. The molecule has 220 valence electrons. The van der Waals surface area contributed by atoms with E-state index in [2.05, 4.69) is 36.3 Å². The fourth-order valence-corrected chi connectivity index (χ4v) is 6.39. The maximum absolute atomic E-state index is 13.7. The van der Waals surface area contributed by atoms with Gasteiger partial charge < -0.3 is 10.2 Å². The number of pyridine rings is 2. The zero-order valence-corrected chi connectivity index (χ0v) is 25.7. The zero-order chi connectivity index (χ0) is 30.8. The molecule has 14 heteroatoms. The summed E-state index contributed by atoms with van der Waals surface area (Å²) in [5, 5.41) is 13.1. The summed E-state index contributed by atoms with van der Waals surface area (Å²) in [4.78, 5) is 49.5. The molecule has 1 fully saturated rings. The molecule has 0 saturated carbocycles. The van der Waals surface area contributed by atoms with Crippen molar-refractivity contribution in [2.45, 2.75) is 38.3 Å². The van der Waals surface area contributed by atoms with Gasteiger partial charge in [-0.05, 0) is 70.7 Å². The number of anilines is 1. The molecule has 4 aromatic rings. The van der Waals surface area contributed by atoms with E-state index in [0.717, 1.165) is 22.9 Å². The molecular formula is C29H26BrN7O5S. The van der Waals surface area contributed by atoms with Crippen LogP contribution in [0.15, 0.2) is 69.4 Å². The zero-order valence-electron chi connectivity index (χ0n) is 23.3. The molecule has 2 atom stereocenters. The molecule has 0 spiro atoms. The maximum Gasteiger partial charge on any atom is 0.249 e. The number of primary sulfonamides is 1. The van der Waals surface area contributed by atoms with E-state index in [-0.39, 0.29) is 40.6 Å². The first kappa shape index (κ1) is 28.8. The van der Waals surface area contributed by atoms with Gasteiger partial charge in [-0.3, -0.25) is 24.0 Å². The number of fused-ring (bicyclic) bond motifs is 2. The van der Waals surface area contributed by atoms with Crippen molar-refractivity contribution in [3.05, 3.63) is 75.8 Å². The van der Waals surface area contributed by atoms with E-state index in [0.29, 0.717) is 39.0 Å². The number of Topliss-reactive ketones (excluding diaryl/α,β-unsaturated/α-hetero) is 1. The molecule has 12 nitrogen and oxygen atoms in total. The van der Waals surface area contributed by atoms with Crippen molar-refractivity contribution in [2.24, 2.45) is 11.1 Å². The third-order valence-corrected chi connectivity index (χ3v) is 9.22. The van der Waals surface area contributed by atoms with Crippen molar-refractivity contribution in [1.29, 1.82) is 0 Å². The Balaban J connectivity index is 1.30. The van der Waals surface area contributed by atoms with Crippen molar-refractivity contribution in [3.63, 3.8) is 0 Å². The smallest absolute Gasteiger partial charge is 0.249 e. The van der Waals surface area contributed by atoms with E-state index in [9.17, 15) is 22.8 Å². The molecule has 6 rings (SSSR count). The normalized spacial score (nSPS) is 17.7. The lowest BCUT2D eigenvalue weighted by atomic mass is 10.0. The number of rotatable bonds is 7. The number of likely N-dealkylation sites (tertiary alicyclic amines) is 1. The van der Waals surface area contributed by atoms with E-state index in [1.165, 1.54) is 23.9 Å². The fourth-order valence-electron chi connectivity index (χ4n) is 5.58. The third-order valence-electron chi connectivity index (χ3n) is 7.89. The number of nitrogens with two attached hydrogens (primary N) is 1. The van der Waals surface area contributed by atoms with Crippen molar-refractivity contribution in [3.8, 4) is 11.1 Å². The van der Waals surface area contributed by atoms with Crippen LogP contribution in [0.25, 0.3) is 22.0 Å². The van der Waals surface area contributed by atoms with E-state index >= 15 is 0 Å². The second-order valence-electron chi connectivity index (χ2n) is 10.7. The monoisotopic (exact) mass is 663 g/mol. The van der Waals surface area contributed by atoms with Crippen LogP contribution in [0, 0.1) is 12.8 Å². The highest BCUT2D eigenvalue weighted by Gasteiger charge is 2.54. The van der Waals surface area contributed by atoms with Crippen molar-refractivity contribution in [1.82, 2.24) is 24.6 Å². The maximum atomic E-state index is 13.7. The minimum absolute atomic E-state index is 0.108. The summed E-state index contributed by atoms with van der Waals surface area (Å²) >= 11 is 3.33. The van der Waals surface area contributed by atoms with Gasteiger partial charge in [0.2, 0.25) is 21.8 Å². The number of carbonyl (C=O) groups excluding carboxylic acids is 3. The predicted octanol–water partition coefficient (Wildman–Crippen LogP) is 3.21. The Bertz CT molecular complexity index is 2020. The largest absolute Gasteiger partial charge is 0.324 e. The van der Waals surface area contributed by atoms with Gasteiger partial charge >= 0.3 is 0 Å². The second-order valence-corrected chi connectivity index (χ2v) is 13.1. The number of amides is 2. The SMILES string of the molecule is CC(=O)c1nn(CC(=O)N2CC3=C(C)[C@H]3[C@H]2C(=O)Nc2nc(Br)ccc2C)c2ccc(-c3cncc(S(N)(=O)=O)c3)cc12. The minimum Gasteiger partial charge on any atom is -0.324 e. The summed E-state index contributed by atoms with van der Waals surface area (Å²) in [6.45, 7) is 5.34. The molecule has 3 aromatic heterocycles. The van der Waals surface area contributed by atoms with Gasteiger partial charge in [-0.25, -0.2) is 18.5 Å². The second kappa shape index (κ2) is 10.5. The summed E-state index contributed by atoms with van der Waals surface area (Å²) < 4.78 is 25.7. The van der Waals surface area contributed by atoms with Gasteiger partial charge in [0.25, 0.3) is 0 Å². The van der Waals surface area contributed by atoms with Crippen LogP contribution in [0.5, 0.6) is 0 Å². The van der Waals surface area contributed by atoms with E-state index in [1.807, 2.05) is 19.9 Å². The van der Waals surface area contributed by atoms with Crippen LogP contribution in [-0.4, -0.2) is 63.3 Å². The standard InChI is InChI=1S/C29H26BrN7O5S/c1-14-4-7-23(30)33-28(14)34-29(40)27-25-15(2)21(25)12-36(27)24(39)13-37-22-6-5-17(9-20(22)26(35-37)16(3)38)18-8-19(11-32-10-18)43(31,41)42/h4-11,25,27H,12-13H2,1-3H3,(H2,31,41,42)(H,33,34,40)/t25-,27+/m1/s1. The molecule has 2 aliphatic rings. The van der Waals surface area contributed by atoms with E-state index < -0.39 is 16.1 Å². The van der Waals surface area contributed by atoms with Crippen LogP contribution in [0.2, 0.25) is 0 Å². The van der Waals surface area contributed by atoms with Crippen LogP contribution in [0.1, 0.15) is 29.9 Å². The number of aryl methyl sites for hydroxylation is 1. The number of nitrogens with zero attached hydrogens (tertiary/aromatic N) is 5. The van der Waals surface area contributed by atoms with Gasteiger partial charge in [-0.1, -0.05) is 17.7 Å². The Kier molecular flexibility index (Phi) is 7.02. The molecule has 4 heterocycles. The molecule has 1 aromatic carbocycles. The first-order valence-corrected chi connectivity index (χ1v) is 15.6. The summed E-state index contributed by atoms with van der Waals surface area (Å²) in [5.41, 5.74) is 4.74. The highest BCUT2D eigenvalue weighted by atomic mass is 79.9. The topological polar surface area (TPSA) is 170 Å². The first-order valence-electron chi connectivity index (χ1n) is 13.3. The highest BCUT2D eigenvalue weighted by molar-refractivity contribution is 9.10. The molecular weight excluding hydrogens is 638 g/mol. The number of aromatic nitrogens is 4. The molecule has 1 saturated heterocycles. The number of benzene rings is 1. The summed E-state index contributed by atoms with van der Waals surface area (Å²) in [6, 6.07) is 9.44. The van der Waals surface area contributed by atoms with Crippen molar-refractivity contribution < 1.29 is 22.8 Å². The molecule has 0 radical (unpaired) electrons. The fraction of sp³-hybridized carbons (Fsp3) is 0.241. The summed E-state index contributed by atoms with van der Waals surface area (Å²) in [6.07, 6.45) is 2.65. The number of nitrogens with one attached hydrogen (secondary N) is 1. The average Bonchev–Trinajstić information content (AvgIpc) is 3.27. The lowest BCUT2D eigenvalue weighted by molar-refractivity contribution is -0.137. The van der Waals surface area contributed by atoms with Gasteiger partial charge in [-0.2, -0.15) is 5.10 Å². The number of carbonyl (C=O) groups is 3. The molecule has 1 aliphatic heterocycles. The Morgan fingerprint density at radius 3 is 2.58 bits per heavy atom. The van der Waals surface area contributed by atoms with Gasteiger partial charge in [0.1, 0.15) is 33.6 Å².